The fourth-order valence-corrected chi connectivity index (χ4v) is 4.05. The second-order valence-corrected chi connectivity index (χ2v) is 7.93. The molecule has 0 spiro atoms. The second-order valence-electron chi connectivity index (χ2n) is 5.63. The highest BCUT2D eigenvalue weighted by Gasteiger charge is 2.28. The second kappa shape index (κ2) is 7.53. The molecule has 0 fully saturated rings. The molecule has 0 N–H and O–H groups in total. The molecule has 2 aromatic heterocycles. The molecule has 0 aliphatic carbocycles. The SMILES string of the molecule is CCOC(=O)CN(c1ccc(Cl)cc1)S(=O)(=O)c1ccc2nnc(C)n2c1. The molecule has 0 aliphatic rings. The smallest absolute Gasteiger partial charge is 0.326 e. The van der Waals surface area contributed by atoms with Gasteiger partial charge in [-0.15, -0.1) is 10.2 Å². The molecule has 1 aromatic carbocycles. The summed E-state index contributed by atoms with van der Waals surface area (Å²) in [5.41, 5.74) is 0.822. The maximum Gasteiger partial charge on any atom is 0.326 e. The minimum Gasteiger partial charge on any atom is -0.465 e. The summed E-state index contributed by atoms with van der Waals surface area (Å²) in [5.74, 6) is -0.108. The summed E-state index contributed by atoms with van der Waals surface area (Å²) in [6.07, 6.45) is 1.42. The van der Waals surface area contributed by atoms with E-state index in [9.17, 15) is 13.2 Å². The first-order valence-electron chi connectivity index (χ1n) is 8.08. The van der Waals surface area contributed by atoms with E-state index in [-0.39, 0.29) is 11.5 Å². The highest BCUT2D eigenvalue weighted by molar-refractivity contribution is 7.92. The molecule has 0 amide bonds. The van der Waals surface area contributed by atoms with Crippen molar-refractivity contribution in [2.45, 2.75) is 18.7 Å². The third-order valence-electron chi connectivity index (χ3n) is 3.83. The maximum absolute atomic E-state index is 13.3. The number of hydrogen-bond donors (Lipinski definition) is 0. The fraction of sp³-hybridized carbons (Fsp3) is 0.235. The van der Waals surface area contributed by atoms with Crippen molar-refractivity contribution >= 4 is 38.9 Å². The summed E-state index contributed by atoms with van der Waals surface area (Å²) in [6.45, 7) is 3.06. The summed E-state index contributed by atoms with van der Waals surface area (Å²) in [4.78, 5) is 12.0. The number of esters is 1. The number of aromatic nitrogens is 3. The van der Waals surface area contributed by atoms with Crippen LogP contribution in [-0.2, 0) is 19.6 Å². The first-order chi connectivity index (χ1) is 12.8. The number of pyridine rings is 1. The molecule has 8 nitrogen and oxygen atoms in total. The van der Waals surface area contributed by atoms with Crippen molar-refractivity contribution in [2.24, 2.45) is 0 Å². The normalized spacial score (nSPS) is 11.5. The van der Waals surface area contributed by atoms with Crippen molar-refractivity contribution < 1.29 is 17.9 Å². The van der Waals surface area contributed by atoms with Crippen molar-refractivity contribution in [3.63, 3.8) is 0 Å². The number of carbonyl (C=O) groups is 1. The van der Waals surface area contributed by atoms with E-state index in [0.717, 1.165) is 4.31 Å². The number of sulfonamides is 1. The van der Waals surface area contributed by atoms with Crippen molar-refractivity contribution in [2.75, 3.05) is 17.5 Å². The van der Waals surface area contributed by atoms with Gasteiger partial charge in [0.25, 0.3) is 10.0 Å². The van der Waals surface area contributed by atoms with Gasteiger partial charge < -0.3 is 4.74 Å². The Balaban J connectivity index is 2.08. The lowest BCUT2D eigenvalue weighted by Gasteiger charge is -2.23. The van der Waals surface area contributed by atoms with Crippen molar-refractivity contribution in [3.05, 3.63) is 53.4 Å². The molecule has 0 atom stereocenters. The molecule has 3 rings (SSSR count). The van der Waals surface area contributed by atoms with Crippen LogP contribution in [-0.4, -0.2) is 42.1 Å². The highest BCUT2D eigenvalue weighted by Crippen LogP contribution is 2.25. The van der Waals surface area contributed by atoms with Gasteiger partial charge in [-0.05, 0) is 50.2 Å². The molecule has 0 bridgehead atoms. The average molecular weight is 409 g/mol. The number of hydrogen-bond acceptors (Lipinski definition) is 6. The van der Waals surface area contributed by atoms with Gasteiger partial charge in [0, 0.05) is 11.2 Å². The van der Waals surface area contributed by atoms with Crippen LogP contribution < -0.4 is 4.31 Å². The van der Waals surface area contributed by atoms with Gasteiger partial charge in [0.1, 0.15) is 17.3 Å². The van der Waals surface area contributed by atoms with Crippen LogP contribution >= 0.6 is 11.6 Å². The molecule has 142 valence electrons. The number of anilines is 1. The van der Waals surface area contributed by atoms with E-state index in [1.54, 1.807) is 36.4 Å². The van der Waals surface area contributed by atoms with E-state index in [1.165, 1.54) is 24.4 Å². The van der Waals surface area contributed by atoms with Gasteiger partial charge in [-0.25, -0.2) is 8.42 Å². The van der Waals surface area contributed by atoms with Gasteiger partial charge in [0.2, 0.25) is 0 Å². The third kappa shape index (κ3) is 3.88. The van der Waals surface area contributed by atoms with Gasteiger partial charge >= 0.3 is 5.97 Å². The van der Waals surface area contributed by atoms with E-state index in [4.69, 9.17) is 16.3 Å². The van der Waals surface area contributed by atoms with Gasteiger partial charge in [-0.2, -0.15) is 0 Å². The summed E-state index contributed by atoms with van der Waals surface area (Å²) in [5, 5.41) is 8.32. The average Bonchev–Trinajstić information content (AvgIpc) is 3.01. The number of ether oxygens (including phenoxy) is 1. The molecule has 2 heterocycles. The van der Waals surface area contributed by atoms with Crippen molar-refractivity contribution in [1.82, 2.24) is 14.6 Å². The molecule has 0 unspecified atom stereocenters. The number of aryl methyl sites for hydroxylation is 1. The summed E-state index contributed by atoms with van der Waals surface area (Å²) in [7, 11) is -4.05. The van der Waals surface area contributed by atoms with Crippen LogP contribution in [0.3, 0.4) is 0 Å². The fourth-order valence-electron chi connectivity index (χ4n) is 2.51. The monoisotopic (exact) mass is 408 g/mol. The van der Waals surface area contributed by atoms with E-state index in [2.05, 4.69) is 10.2 Å². The zero-order valence-corrected chi connectivity index (χ0v) is 16.2. The predicted molar refractivity (Wildman–Crippen MR) is 100 cm³/mol. The third-order valence-corrected chi connectivity index (χ3v) is 5.84. The number of fused-ring (bicyclic) bond motifs is 1. The number of nitrogens with zero attached hydrogens (tertiary/aromatic N) is 4. The Bertz CT molecular complexity index is 1080. The zero-order valence-electron chi connectivity index (χ0n) is 14.7. The molecular formula is C17H17ClN4O4S. The van der Waals surface area contributed by atoms with Gasteiger partial charge in [-0.1, -0.05) is 11.6 Å². The van der Waals surface area contributed by atoms with Crippen LogP contribution in [0, 0.1) is 6.92 Å². The van der Waals surface area contributed by atoms with E-state index < -0.39 is 22.5 Å². The maximum atomic E-state index is 13.3. The molecule has 0 saturated carbocycles. The Morgan fingerprint density at radius 1 is 1.19 bits per heavy atom. The van der Waals surface area contributed by atoms with Gasteiger partial charge in [-0.3, -0.25) is 13.5 Å². The topological polar surface area (TPSA) is 93.9 Å². The number of rotatable bonds is 6. The van der Waals surface area contributed by atoms with Crippen LogP contribution in [0.15, 0.2) is 47.5 Å². The van der Waals surface area contributed by atoms with Crippen molar-refractivity contribution in [1.29, 1.82) is 0 Å². The number of carbonyl (C=O) groups excluding carboxylic acids is 1. The lowest BCUT2D eigenvalue weighted by atomic mass is 10.3. The molecule has 0 aliphatic heterocycles. The van der Waals surface area contributed by atoms with E-state index >= 15 is 0 Å². The Kier molecular flexibility index (Phi) is 5.33. The van der Waals surface area contributed by atoms with Crippen molar-refractivity contribution in [3.8, 4) is 0 Å². The molecule has 0 radical (unpaired) electrons. The van der Waals surface area contributed by atoms with Crippen LogP contribution in [0.25, 0.3) is 5.65 Å². The van der Waals surface area contributed by atoms with Crippen LogP contribution in [0.2, 0.25) is 5.02 Å². The highest BCUT2D eigenvalue weighted by atomic mass is 35.5. The summed E-state index contributed by atoms with van der Waals surface area (Å²) >= 11 is 5.90. The van der Waals surface area contributed by atoms with E-state index in [0.29, 0.717) is 22.2 Å². The van der Waals surface area contributed by atoms with Crippen LogP contribution in [0.1, 0.15) is 12.7 Å². The Morgan fingerprint density at radius 3 is 2.56 bits per heavy atom. The predicted octanol–water partition coefficient (Wildman–Crippen LogP) is 2.45. The standard InChI is InChI=1S/C17H17ClN4O4S/c1-3-26-17(23)11-22(14-6-4-13(18)5-7-14)27(24,25)15-8-9-16-20-19-12(2)21(16)10-15/h4-10H,3,11H2,1-2H3. The lowest BCUT2D eigenvalue weighted by Crippen LogP contribution is -2.36. The minimum absolute atomic E-state index is 0.00264. The molecule has 3 aromatic rings. The largest absolute Gasteiger partial charge is 0.465 e. The quantitative estimate of drug-likeness (QED) is 0.581. The first-order valence-corrected chi connectivity index (χ1v) is 9.90. The van der Waals surface area contributed by atoms with Gasteiger partial charge in [0.05, 0.1) is 12.3 Å². The molecule has 0 saturated heterocycles. The Hall–Kier alpha value is -2.65. The summed E-state index contributed by atoms with van der Waals surface area (Å²) in [6, 6.07) is 9.14. The lowest BCUT2D eigenvalue weighted by molar-refractivity contribution is -0.141. The zero-order chi connectivity index (χ0) is 19.6. The Labute approximate surface area is 161 Å². The van der Waals surface area contributed by atoms with E-state index in [1.807, 2.05) is 0 Å². The Morgan fingerprint density at radius 2 is 1.89 bits per heavy atom. The molecular weight excluding hydrogens is 392 g/mol. The number of halogens is 1. The minimum atomic E-state index is -4.05. The molecule has 10 heteroatoms. The van der Waals surface area contributed by atoms with Crippen LogP contribution in [0.4, 0.5) is 5.69 Å². The van der Waals surface area contributed by atoms with Crippen LogP contribution in [0.5, 0.6) is 0 Å². The first kappa shape index (κ1) is 19.1. The molecule has 27 heavy (non-hydrogen) atoms. The number of benzene rings is 1. The van der Waals surface area contributed by atoms with Gasteiger partial charge in [0.15, 0.2) is 5.65 Å². The summed E-state index contributed by atoms with van der Waals surface area (Å²) < 4.78 is 34.0.